The van der Waals surface area contributed by atoms with Gasteiger partial charge in [0.15, 0.2) is 0 Å². The molecule has 45 heavy (non-hydrogen) atoms. The van der Waals surface area contributed by atoms with E-state index in [1.807, 2.05) is 11.3 Å². The summed E-state index contributed by atoms with van der Waals surface area (Å²) in [5, 5.41) is 7.83. The molecule has 10 rings (SSSR count). The number of hydrogen-bond donors (Lipinski definition) is 0. The molecule has 3 heteroatoms. The standard InChI is InChI=1S/C42H26N2S/c1-3-12-27(13-4-1)28-14-11-17-30(24-28)44-36-22-23-40-42(32-19-8-10-21-39(32)45-40)41(36)34-25-33-31-18-7-9-20-35(31)43(37(33)26-38(34)44)29-15-5-2-6-16-29/h1-26H. The lowest BCUT2D eigenvalue weighted by Gasteiger charge is -2.11. The molecule has 0 atom stereocenters. The number of aromatic nitrogens is 2. The zero-order valence-corrected chi connectivity index (χ0v) is 25.1. The minimum Gasteiger partial charge on any atom is -0.309 e. The molecular formula is C42H26N2S. The van der Waals surface area contributed by atoms with E-state index in [1.165, 1.54) is 80.6 Å². The largest absolute Gasteiger partial charge is 0.309 e. The van der Waals surface area contributed by atoms with E-state index in [1.54, 1.807) is 0 Å². The molecule has 10 aromatic rings. The molecule has 0 saturated carbocycles. The maximum atomic E-state index is 2.48. The van der Waals surface area contributed by atoms with Crippen LogP contribution >= 0.6 is 11.3 Å². The minimum absolute atomic E-state index is 1.16. The first kappa shape index (κ1) is 24.8. The van der Waals surface area contributed by atoms with Crippen LogP contribution in [0.3, 0.4) is 0 Å². The van der Waals surface area contributed by atoms with E-state index in [2.05, 4.69) is 167 Å². The normalized spacial score (nSPS) is 12.0. The maximum absolute atomic E-state index is 2.48. The van der Waals surface area contributed by atoms with Gasteiger partial charge in [-0.25, -0.2) is 0 Å². The van der Waals surface area contributed by atoms with Crippen molar-refractivity contribution in [2.24, 2.45) is 0 Å². The number of para-hydroxylation sites is 2. The van der Waals surface area contributed by atoms with Crippen molar-refractivity contribution in [1.82, 2.24) is 9.13 Å². The summed E-state index contributed by atoms with van der Waals surface area (Å²) in [6.07, 6.45) is 0. The highest BCUT2D eigenvalue weighted by molar-refractivity contribution is 7.26. The van der Waals surface area contributed by atoms with Crippen LogP contribution in [0.1, 0.15) is 0 Å². The Hall–Kier alpha value is -5.64. The predicted molar refractivity (Wildman–Crippen MR) is 193 cm³/mol. The topological polar surface area (TPSA) is 9.86 Å². The van der Waals surface area contributed by atoms with Crippen LogP contribution in [0.2, 0.25) is 0 Å². The van der Waals surface area contributed by atoms with E-state index in [0.717, 1.165) is 5.69 Å². The summed E-state index contributed by atoms with van der Waals surface area (Å²) in [6.45, 7) is 0. The first-order valence-electron chi connectivity index (χ1n) is 15.4. The second kappa shape index (κ2) is 9.43. The quantitative estimate of drug-likeness (QED) is 0.194. The van der Waals surface area contributed by atoms with Gasteiger partial charge in [0.05, 0.1) is 22.1 Å². The Morgan fingerprint density at radius 3 is 1.87 bits per heavy atom. The monoisotopic (exact) mass is 590 g/mol. The molecule has 3 heterocycles. The molecule has 0 aliphatic rings. The molecule has 0 aliphatic carbocycles. The van der Waals surface area contributed by atoms with Crippen LogP contribution in [-0.4, -0.2) is 9.13 Å². The van der Waals surface area contributed by atoms with Gasteiger partial charge in [-0.15, -0.1) is 11.3 Å². The Balaban J connectivity index is 1.41. The fraction of sp³-hybridized carbons (Fsp3) is 0. The van der Waals surface area contributed by atoms with Crippen LogP contribution in [0.5, 0.6) is 0 Å². The lowest BCUT2D eigenvalue weighted by molar-refractivity contribution is 1.17. The van der Waals surface area contributed by atoms with E-state index in [4.69, 9.17) is 0 Å². The van der Waals surface area contributed by atoms with E-state index >= 15 is 0 Å². The lowest BCUT2D eigenvalue weighted by Crippen LogP contribution is -1.96. The smallest absolute Gasteiger partial charge is 0.0562 e. The molecule has 0 bridgehead atoms. The summed E-state index contributed by atoms with van der Waals surface area (Å²) in [5.74, 6) is 0. The van der Waals surface area contributed by atoms with Gasteiger partial charge in [0.1, 0.15) is 0 Å². The average Bonchev–Trinajstić information content (AvgIpc) is 3.75. The highest BCUT2D eigenvalue weighted by Gasteiger charge is 2.21. The Morgan fingerprint density at radius 2 is 1.00 bits per heavy atom. The molecule has 2 nitrogen and oxygen atoms in total. The molecule has 0 spiro atoms. The van der Waals surface area contributed by atoms with Crippen molar-refractivity contribution in [3.8, 4) is 22.5 Å². The number of nitrogens with zero attached hydrogens (tertiary/aromatic N) is 2. The third-order valence-electron chi connectivity index (χ3n) is 9.29. The average molecular weight is 591 g/mol. The van der Waals surface area contributed by atoms with Crippen molar-refractivity contribution >= 4 is 75.1 Å². The van der Waals surface area contributed by atoms with Gasteiger partial charge >= 0.3 is 0 Å². The summed E-state index contributed by atoms with van der Waals surface area (Å²) < 4.78 is 7.55. The summed E-state index contributed by atoms with van der Waals surface area (Å²) in [7, 11) is 0. The van der Waals surface area contributed by atoms with Gasteiger partial charge in [0, 0.05) is 53.1 Å². The van der Waals surface area contributed by atoms with Crippen molar-refractivity contribution < 1.29 is 0 Å². The second-order valence-electron chi connectivity index (χ2n) is 11.8. The van der Waals surface area contributed by atoms with Crippen LogP contribution in [-0.2, 0) is 0 Å². The van der Waals surface area contributed by atoms with E-state index in [0.29, 0.717) is 0 Å². The zero-order valence-electron chi connectivity index (χ0n) is 24.3. The Bertz CT molecular complexity index is 2740. The Labute approximate surface area is 263 Å². The Morgan fingerprint density at radius 1 is 0.333 bits per heavy atom. The van der Waals surface area contributed by atoms with E-state index in [9.17, 15) is 0 Å². The van der Waals surface area contributed by atoms with Gasteiger partial charge < -0.3 is 9.13 Å². The van der Waals surface area contributed by atoms with Gasteiger partial charge in [-0.3, -0.25) is 0 Å². The molecule has 3 aromatic heterocycles. The third-order valence-corrected chi connectivity index (χ3v) is 10.4. The molecule has 0 radical (unpaired) electrons. The van der Waals surface area contributed by atoms with Crippen LogP contribution < -0.4 is 0 Å². The first-order chi connectivity index (χ1) is 22.3. The molecular weight excluding hydrogens is 565 g/mol. The van der Waals surface area contributed by atoms with Crippen molar-refractivity contribution in [3.05, 3.63) is 158 Å². The Kier molecular flexibility index (Phi) is 5.19. The number of benzene rings is 7. The van der Waals surface area contributed by atoms with Crippen molar-refractivity contribution in [1.29, 1.82) is 0 Å². The van der Waals surface area contributed by atoms with Gasteiger partial charge in [0.2, 0.25) is 0 Å². The molecule has 0 unspecified atom stereocenters. The second-order valence-corrected chi connectivity index (χ2v) is 12.8. The van der Waals surface area contributed by atoms with Crippen molar-refractivity contribution in [2.45, 2.75) is 0 Å². The van der Waals surface area contributed by atoms with E-state index in [-0.39, 0.29) is 0 Å². The van der Waals surface area contributed by atoms with Crippen molar-refractivity contribution in [3.63, 3.8) is 0 Å². The molecule has 0 amide bonds. The lowest BCUT2D eigenvalue weighted by atomic mass is 10.0. The summed E-state index contributed by atoms with van der Waals surface area (Å²) in [4.78, 5) is 0. The molecule has 210 valence electrons. The fourth-order valence-electron chi connectivity index (χ4n) is 7.37. The van der Waals surface area contributed by atoms with Gasteiger partial charge in [-0.1, -0.05) is 97.1 Å². The molecule has 0 N–H and O–H groups in total. The van der Waals surface area contributed by atoms with Crippen LogP contribution in [0.4, 0.5) is 0 Å². The summed E-state index contributed by atoms with van der Waals surface area (Å²) in [6, 6.07) is 57.6. The van der Waals surface area contributed by atoms with Gasteiger partial charge in [-0.2, -0.15) is 0 Å². The zero-order chi connectivity index (χ0) is 29.5. The third kappa shape index (κ3) is 3.56. The number of thiophene rings is 1. The van der Waals surface area contributed by atoms with E-state index < -0.39 is 0 Å². The first-order valence-corrected chi connectivity index (χ1v) is 16.2. The van der Waals surface area contributed by atoms with Gasteiger partial charge in [-0.05, 0) is 71.8 Å². The SMILES string of the molecule is c1ccc(-c2cccc(-n3c4cc5c(cc4c4c6c(ccc43)sc3ccccc36)c3ccccc3n5-c3ccccc3)c2)cc1. The minimum atomic E-state index is 1.16. The van der Waals surface area contributed by atoms with Crippen LogP contribution in [0.15, 0.2) is 158 Å². The highest BCUT2D eigenvalue weighted by atomic mass is 32.1. The van der Waals surface area contributed by atoms with Crippen LogP contribution in [0, 0.1) is 0 Å². The molecule has 7 aromatic carbocycles. The molecule has 0 fully saturated rings. The fourth-order valence-corrected chi connectivity index (χ4v) is 8.49. The van der Waals surface area contributed by atoms with Crippen molar-refractivity contribution in [2.75, 3.05) is 0 Å². The predicted octanol–water partition coefficient (Wildman–Crippen LogP) is 11.9. The number of rotatable bonds is 3. The number of fused-ring (bicyclic) bond motifs is 10. The molecule has 0 saturated heterocycles. The number of hydrogen-bond acceptors (Lipinski definition) is 1. The highest BCUT2D eigenvalue weighted by Crippen LogP contribution is 2.45. The summed E-state index contributed by atoms with van der Waals surface area (Å²) >= 11 is 1.88. The molecule has 0 aliphatic heterocycles. The summed E-state index contributed by atoms with van der Waals surface area (Å²) in [5.41, 5.74) is 9.64. The maximum Gasteiger partial charge on any atom is 0.0562 e. The van der Waals surface area contributed by atoms with Gasteiger partial charge in [0.25, 0.3) is 0 Å². The van der Waals surface area contributed by atoms with Crippen LogP contribution in [0.25, 0.3) is 86.3 Å².